The van der Waals surface area contributed by atoms with E-state index in [0.717, 1.165) is 4.47 Å². The van der Waals surface area contributed by atoms with Crippen LogP contribution in [0.3, 0.4) is 0 Å². The van der Waals surface area contributed by atoms with E-state index in [1.807, 2.05) is 0 Å². The van der Waals surface area contributed by atoms with Gasteiger partial charge in [0, 0.05) is 23.3 Å². The van der Waals surface area contributed by atoms with Gasteiger partial charge < -0.3 is 20.1 Å². The second kappa shape index (κ2) is 10.0. The first-order valence-corrected chi connectivity index (χ1v) is 9.25. The van der Waals surface area contributed by atoms with Gasteiger partial charge in [0.2, 0.25) is 0 Å². The molecule has 10 heteroatoms. The molecule has 5 N–H and O–H groups in total. The van der Waals surface area contributed by atoms with Gasteiger partial charge >= 0.3 is 5.97 Å². The smallest absolute Gasteiger partial charge is 0.339 e. The highest BCUT2D eigenvalue weighted by atomic mass is 79.9. The summed E-state index contributed by atoms with van der Waals surface area (Å²) in [5.74, 6) is 3.64. The van der Waals surface area contributed by atoms with Crippen molar-refractivity contribution in [2.75, 3.05) is 11.9 Å². The first-order valence-electron chi connectivity index (χ1n) is 8.08. The lowest BCUT2D eigenvalue weighted by atomic mass is 10.1. The van der Waals surface area contributed by atoms with Crippen LogP contribution in [0.25, 0.3) is 0 Å². The third-order valence-corrected chi connectivity index (χ3v) is 4.54. The first kappa shape index (κ1) is 24.1. The lowest BCUT2D eigenvalue weighted by molar-refractivity contribution is -0.0555. The van der Waals surface area contributed by atoms with Gasteiger partial charge in [0.15, 0.2) is 0 Å². The highest BCUT2D eigenvalue weighted by molar-refractivity contribution is 9.10. The molecule has 0 bridgehead atoms. The third-order valence-electron chi connectivity index (χ3n) is 3.73. The molecule has 8 nitrogen and oxygen atoms in total. The summed E-state index contributed by atoms with van der Waals surface area (Å²) in [7, 11) is 1.51. The average molecular weight is 477 g/mol. The number of carboxylic acids is 1. The van der Waals surface area contributed by atoms with Crippen LogP contribution in [0.2, 0.25) is 5.02 Å². The molecule has 2 rings (SSSR count). The van der Waals surface area contributed by atoms with E-state index in [4.69, 9.17) is 22.6 Å². The highest BCUT2D eigenvalue weighted by Crippen LogP contribution is 2.30. The minimum Gasteiger partial charge on any atom is -0.478 e. The number of carbonyl (C=O) groups is 1. The summed E-state index contributed by atoms with van der Waals surface area (Å²) in [4.78, 5) is 27.7. The maximum absolute atomic E-state index is 12.0. The summed E-state index contributed by atoms with van der Waals surface area (Å²) >= 11 is 9.41. The molecule has 0 amide bonds. The number of aryl methyl sites for hydroxylation is 1. The van der Waals surface area contributed by atoms with Gasteiger partial charge in [-0.1, -0.05) is 27.5 Å². The SMILES string of the molecule is CC(C)(CO)ON.Cc1c(Nc2ccc(Br)cc2Cl)c(C(=O)O)cn(C)c1=O. The van der Waals surface area contributed by atoms with E-state index >= 15 is 0 Å². The van der Waals surface area contributed by atoms with Gasteiger partial charge in [-0.25, -0.2) is 10.7 Å². The van der Waals surface area contributed by atoms with Crippen molar-refractivity contribution in [2.45, 2.75) is 26.4 Å². The quantitative estimate of drug-likeness (QED) is 0.488. The van der Waals surface area contributed by atoms with E-state index < -0.39 is 11.6 Å². The lowest BCUT2D eigenvalue weighted by Crippen LogP contribution is -2.31. The largest absolute Gasteiger partial charge is 0.478 e. The van der Waals surface area contributed by atoms with E-state index in [1.54, 1.807) is 39.0 Å². The number of aliphatic hydroxyl groups excluding tert-OH is 1. The lowest BCUT2D eigenvalue weighted by Gasteiger charge is -2.16. The van der Waals surface area contributed by atoms with Gasteiger partial charge in [-0.15, -0.1) is 0 Å². The molecule has 0 aliphatic heterocycles. The summed E-state index contributed by atoms with van der Waals surface area (Å²) < 4.78 is 2.05. The molecular formula is C18H23BrClN3O5. The van der Waals surface area contributed by atoms with Crippen molar-refractivity contribution in [3.05, 3.63) is 55.4 Å². The molecule has 0 unspecified atom stereocenters. The summed E-state index contributed by atoms with van der Waals surface area (Å²) in [5, 5.41) is 21.0. The predicted octanol–water partition coefficient (Wildman–Crippen LogP) is 3.20. The number of nitrogens with two attached hydrogens (primary N) is 1. The van der Waals surface area contributed by atoms with Crippen LogP contribution in [-0.4, -0.2) is 33.0 Å². The number of aliphatic hydroxyl groups is 1. The molecule has 0 spiro atoms. The highest BCUT2D eigenvalue weighted by Gasteiger charge is 2.17. The van der Waals surface area contributed by atoms with Crippen molar-refractivity contribution in [3.63, 3.8) is 0 Å². The van der Waals surface area contributed by atoms with Gasteiger partial charge in [0.1, 0.15) is 5.60 Å². The summed E-state index contributed by atoms with van der Waals surface area (Å²) in [6.07, 6.45) is 1.28. The Morgan fingerprint density at radius 2 is 2.04 bits per heavy atom. The molecule has 0 saturated carbocycles. The first-order chi connectivity index (χ1) is 12.9. The number of benzene rings is 1. The molecule has 2 aromatic rings. The van der Waals surface area contributed by atoms with E-state index in [1.165, 1.54) is 17.8 Å². The third kappa shape index (κ3) is 6.32. The topological polar surface area (TPSA) is 127 Å². The summed E-state index contributed by atoms with van der Waals surface area (Å²) in [6, 6.07) is 5.15. The second-order valence-corrected chi connectivity index (χ2v) is 7.87. The Labute approximate surface area is 176 Å². The van der Waals surface area contributed by atoms with Gasteiger partial charge in [-0.2, -0.15) is 0 Å². The number of hydrogen-bond donors (Lipinski definition) is 4. The number of aromatic carboxylic acids is 1. The molecule has 0 aliphatic rings. The zero-order valence-corrected chi connectivity index (χ0v) is 18.3. The van der Waals surface area contributed by atoms with Crippen LogP contribution in [0.4, 0.5) is 11.4 Å². The number of nitrogens with one attached hydrogen (secondary N) is 1. The van der Waals surface area contributed by atoms with Crippen molar-refractivity contribution in [1.29, 1.82) is 0 Å². The molecule has 0 saturated heterocycles. The van der Waals surface area contributed by atoms with Crippen LogP contribution >= 0.6 is 27.5 Å². The van der Waals surface area contributed by atoms with E-state index in [2.05, 4.69) is 26.1 Å². The Bertz CT molecular complexity index is 909. The minimum atomic E-state index is -1.12. The molecule has 0 fully saturated rings. The van der Waals surface area contributed by atoms with Crippen molar-refractivity contribution >= 4 is 44.9 Å². The van der Waals surface area contributed by atoms with Crippen LogP contribution in [0.15, 0.2) is 33.7 Å². The van der Waals surface area contributed by atoms with Gasteiger partial charge in [-0.05, 0) is 39.0 Å². The second-order valence-electron chi connectivity index (χ2n) is 6.55. The maximum Gasteiger partial charge on any atom is 0.339 e. The van der Waals surface area contributed by atoms with Gasteiger partial charge in [0.05, 0.1) is 28.6 Å². The fraction of sp³-hybridized carbons (Fsp3) is 0.333. The molecule has 1 aromatic heterocycles. The molecule has 28 heavy (non-hydrogen) atoms. The summed E-state index contributed by atoms with van der Waals surface area (Å²) in [5.41, 5.74) is 0.245. The van der Waals surface area contributed by atoms with Crippen LogP contribution in [-0.2, 0) is 11.9 Å². The summed E-state index contributed by atoms with van der Waals surface area (Å²) in [6.45, 7) is 4.92. The number of nitrogens with zero attached hydrogens (tertiary/aromatic N) is 1. The Morgan fingerprint density at radius 3 is 2.46 bits per heavy atom. The molecule has 0 radical (unpaired) electrons. The average Bonchev–Trinajstić information content (AvgIpc) is 2.64. The molecular weight excluding hydrogens is 454 g/mol. The molecule has 0 aliphatic carbocycles. The molecule has 154 valence electrons. The number of aromatic nitrogens is 1. The minimum absolute atomic E-state index is 0.00795. The Hall–Kier alpha value is -1.91. The van der Waals surface area contributed by atoms with Crippen LogP contribution in [0.5, 0.6) is 0 Å². The zero-order chi connectivity index (χ0) is 21.6. The monoisotopic (exact) mass is 475 g/mol. The zero-order valence-electron chi connectivity index (χ0n) is 15.9. The van der Waals surface area contributed by atoms with Gasteiger partial charge in [0.25, 0.3) is 5.56 Å². The number of pyridine rings is 1. The van der Waals surface area contributed by atoms with Crippen molar-refractivity contribution in [1.82, 2.24) is 4.57 Å². The van der Waals surface area contributed by atoms with Crippen molar-refractivity contribution < 1.29 is 19.8 Å². The van der Waals surface area contributed by atoms with Gasteiger partial charge in [-0.3, -0.25) is 9.63 Å². The van der Waals surface area contributed by atoms with E-state index in [-0.39, 0.29) is 23.4 Å². The Kier molecular flexibility index (Phi) is 8.65. The van der Waals surface area contributed by atoms with Crippen LogP contribution in [0, 0.1) is 6.92 Å². The van der Waals surface area contributed by atoms with Crippen LogP contribution < -0.4 is 16.8 Å². The molecule has 1 aromatic carbocycles. The number of rotatable bonds is 5. The number of hydrogen-bond acceptors (Lipinski definition) is 6. The fourth-order valence-corrected chi connectivity index (χ4v) is 2.70. The molecule has 0 atom stereocenters. The normalized spacial score (nSPS) is 10.9. The Balaban J connectivity index is 0.000000480. The van der Waals surface area contributed by atoms with Crippen LogP contribution in [0.1, 0.15) is 29.8 Å². The standard InChI is InChI=1S/C14H12BrClN2O3.C4H11NO2/c1-7-12(9(14(20)21)6-18(2)13(7)19)17-11-4-3-8(15)5-10(11)16;1-4(2,3-6)7-5/h3-6,17H,1-2H3,(H,20,21);6H,3,5H2,1-2H3. The molecule has 1 heterocycles. The maximum atomic E-state index is 12.0. The number of halogens is 2. The number of carboxylic acid groups (broad SMARTS) is 1. The fourth-order valence-electron chi connectivity index (χ4n) is 1.98. The Morgan fingerprint density at radius 1 is 1.43 bits per heavy atom. The number of anilines is 2. The van der Waals surface area contributed by atoms with Crippen molar-refractivity contribution in [2.24, 2.45) is 12.9 Å². The predicted molar refractivity (Wildman–Crippen MR) is 112 cm³/mol. The van der Waals surface area contributed by atoms with E-state index in [0.29, 0.717) is 16.3 Å². The van der Waals surface area contributed by atoms with Crippen molar-refractivity contribution in [3.8, 4) is 0 Å². The van der Waals surface area contributed by atoms with E-state index in [9.17, 15) is 14.7 Å².